The van der Waals surface area contributed by atoms with Gasteiger partial charge in [0.25, 0.3) is 0 Å². The van der Waals surface area contributed by atoms with Crippen molar-refractivity contribution in [1.29, 1.82) is 0 Å². The second-order valence-electron chi connectivity index (χ2n) is 2.65. The summed E-state index contributed by atoms with van der Waals surface area (Å²) in [6.45, 7) is 1.86. The average molecular weight is 248 g/mol. The van der Waals surface area contributed by atoms with Crippen molar-refractivity contribution in [2.45, 2.75) is 18.8 Å². The summed E-state index contributed by atoms with van der Waals surface area (Å²) < 4.78 is 4.54. The van der Waals surface area contributed by atoms with E-state index < -0.39 is 23.3 Å². The standard InChI is InChI=1S/C9H12O6S/c1-2-5-16-9(8(13)14)15-7(12)4-3-6(10)11/h3-4,9H,2,5H2,1H3,(H,10,11)(H,13,14). The van der Waals surface area contributed by atoms with Crippen LogP contribution in [0.15, 0.2) is 12.2 Å². The predicted molar refractivity (Wildman–Crippen MR) is 57.0 cm³/mol. The van der Waals surface area contributed by atoms with Crippen molar-refractivity contribution in [2.75, 3.05) is 5.75 Å². The zero-order chi connectivity index (χ0) is 12.6. The van der Waals surface area contributed by atoms with Gasteiger partial charge in [0.15, 0.2) is 0 Å². The lowest BCUT2D eigenvalue weighted by Crippen LogP contribution is -2.23. The smallest absolute Gasteiger partial charge is 0.355 e. The number of carbonyl (C=O) groups excluding carboxylic acids is 1. The number of hydrogen-bond donors (Lipinski definition) is 2. The minimum atomic E-state index is -1.30. The topological polar surface area (TPSA) is 101 Å². The third-order valence-electron chi connectivity index (χ3n) is 1.26. The summed E-state index contributed by atoms with van der Waals surface area (Å²) in [5, 5.41) is 16.9. The molecule has 0 aliphatic heterocycles. The molecule has 16 heavy (non-hydrogen) atoms. The Balaban J connectivity index is 4.23. The average Bonchev–Trinajstić information content (AvgIpc) is 2.20. The van der Waals surface area contributed by atoms with E-state index in [-0.39, 0.29) is 0 Å². The number of carbonyl (C=O) groups is 3. The van der Waals surface area contributed by atoms with E-state index in [1.54, 1.807) is 0 Å². The molecule has 0 aromatic carbocycles. The highest BCUT2D eigenvalue weighted by Crippen LogP contribution is 2.14. The molecule has 0 heterocycles. The molecule has 0 fully saturated rings. The fourth-order valence-corrected chi connectivity index (χ4v) is 1.42. The maximum absolute atomic E-state index is 11.0. The number of aliphatic carboxylic acids is 2. The number of esters is 1. The van der Waals surface area contributed by atoms with Crippen LogP contribution in [-0.2, 0) is 19.1 Å². The van der Waals surface area contributed by atoms with E-state index in [0.29, 0.717) is 17.9 Å². The summed E-state index contributed by atoms with van der Waals surface area (Å²) in [4.78, 5) is 31.7. The highest BCUT2D eigenvalue weighted by Gasteiger charge is 2.21. The molecule has 0 spiro atoms. The molecule has 0 aliphatic rings. The second kappa shape index (κ2) is 7.75. The highest BCUT2D eigenvalue weighted by molar-refractivity contribution is 8.00. The number of carboxylic acids is 2. The Bertz CT molecular complexity index is 298. The molecule has 0 saturated carbocycles. The molecule has 1 unspecified atom stereocenters. The highest BCUT2D eigenvalue weighted by atomic mass is 32.2. The lowest BCUT2D eigenvalue weighted by Gasteiger charge is -2.10. The first-order valence-corrected chi connectivity index (χ1v) is 5.48. The van der Waals surface area contributed by atoms with E-state index in [1.165, 1.54) is 0 Å². The molecule has 0 bridgehead atoms. The van der Waals surface area contributed by atoms with E-state index in [1.807, 2.05) is 6.92 Å². The predicted octanol–water partition coefficient (Wildman–Crippen LogP) is 0.724. The maximum atomic E-state index is 11.0. The SMILES string of the molecule is CCCSC(OC(=O)C=CC(=O)O)C(=O)O. The van der Waals surface area contributed by atoms with Crippen molar-refractivity contribution >= 4 is 29.7 Å². The molecule has 0 aliphatic carbocycles. The Kier molecular flexibility index (Phi) is 7.02. The third-order valence-corrected chi connectivity index (χ3v) is 2.50. The molecule has 6 nitrogen and oxygen atoms in total. The zero-order valence-corrected chi connectivity index (χ0v) is 9.40. The van der Waals surface area contributed by atoms with Crippen LogP contribution in [0.25, 0.3) is 0 Å². The molecule has 1 atom stereocenters. The minimum absolute atomic E-state index is 0.535. The van der Waals surface area contributed by atoms with Gasteiger partial charge in [-0.15, -0.1) is 11.8 Å². The van der Waals surface area contributed by atoms with Crippen LogP contribution in [0.1, 0.15) is 13.3 Å². The molecule has 7 heteroatoms. The Morgan fingerprint density at radius 2 is 1.94 bits per heavy atom. The zero-order valence-electron chi connectivity index (χ0n) is 8.58. The van der Waals surface area contributed by atoms with Crippen LogP contribution in [0.5, 0.6) is 0 Å². The van der Waals surface area contributed by atoms with Crippen LogP contribution in [0.2, 0.25) is 0 Å². The third kappa shape index (κ3) is 6.88. The van der Waals surface area contributed by atoms with Crippen molar-refractivity contribution in [3.63, 3.8) is 0 Å². The number of thioether (sulfide) groups is 1. The van der Waals surface area contributed by atoms with Crippen LogP contribution in [-0.4, -0.2) is 39.3 Å². The van der Waals surface area contributed by atoms with Gasteiger partial charge in [-0.3, -0.25) is 0 Å². The van der Waals surface area contributed by atoms with E-state index in [0.717, 1.165) is 18.2 Å². The molecule has 2 N–H and O–H groups in total. The van der Waals surface area contributed by atoms with Crippen molar-refractivity contribution in [1.82, 2.24) is 0 Å². The quantitative estimate of drug-likeness (QED) is 0.389. The van der Waals surface area contributed by atoms with E-state index in [2.05, 4.69) is 4.74 Å². The molecule has 0 amide bonds. The molecule has 0 rings (SSSR count). The molecule has 0 radical (unpaired) electrons. The Labute approximate surface area is 96.3 Å². The largest absolute Gasteiger partial charge is 0.478 e. The lowest BCUT2D eigenvalue weighted by atomic mass is 10.5. The second-order valence-corrected chi connectivity index (χ2v) is 3.82. The van der Waals surface area contributed by atoms with Gasteiger partial charge in [-0.1, -0.05) is 6.92 Å². The molecular formula is C9H12O6S. The van der Waals surface area contributed by atoms with Crippen molar-refractivity contribution < 1.29 is 29.3 Å². The van der Waals surface area contributed by atoms with Gasteiger partial charge in [0.05, 0.1) is 0 Å². The number of ether oxygens (including phenoxy) is 1. The molecular weight excluding hydrogens is 236 g/mol. The van der Waals surface area contributed by atoms with Crippen LogP contribution in [0.4, 0.5) is 0 Å². The van der Waals surface area contributed by atoms with Crippen molar-refractivity contribution in [2.24, 2.45) is 0 Å². The van der Waals surface area contributed by atoms with E-state index in [9.17, 15) is 14.4 Å². The molecule has 0 saturated heterocycles. The number of rotatable bonds is 7. The summed E-state index contributed by atoms with van der Waals surface area (Å²) in [5.74, 6) is -3.02. The van der Waals surface area contributed by atoms with Crippen LogP contribution in [0, 0.1) is 0 Å². The Hall–Kier alpha value is -1.50. The summed E-state index contributed by atoms with van der Waals surface area (Å²) >= 11 is 0.968. The normalized spacial score (nSPS) is 12.3. The van der Waals surface area contributed by atoms with Gasteiger partial charge < -0.3 is 14.9 Å². The van der Waals surface area contributed by atoms with Gasteiger partial charge in [-0.2, -0.15) is 0 Å². The first kappa shape index (κ1) is 14.5. The van der Waals surface area contributed by atoms with E-state index >= 15 is 0 Å². The molecule has 90 valence electrons. The first-order valence-electron chi connectivity index (χ1n) is 4.43. The molecule has 0 aromatic heterocycles. The number of carboxylic acid groups (broad SMARTS) is 2. The van der Waals surface area contributed by atoms with Gasteiger partial charge in [0.2, 0.25) is 5.44 Å². The number of hydrogen-bond acceptors (Lipinski definition) is 5. The van der Waals surface area contributed by atoms with Crippen molar-refractivity contribution in [3.05, 3.63) is 12.2 Å². The fourth-order valence-electron chi connectivity index (χ4n) is 0.665. The van der Waals surface area contributed by atoms with Crippen LogP contribution >= 0.6 is 11.8 Å². The maximum Gasteiger partial charge on any atom is 0.355 e. The Morgan fingerprint density at radius 3 is 2.38 bits per heavy atom. The van der Waals surface area contributed by atoms with Gasteiger partial charge in [0, 0.05) is 12.2 Å². The molecule has 0 aromatic rings. The first-order chi connectivity index (χ1) is 7.47. The lowest BCUT2D eigenvalue weighted by molar-refractivity contribution is -0.154. The summed E-state index contributed by atoms with van der Waals surface area (Å²) in [6.07, 6.45) is 2.01. The fraction of sp³-hybridized carbons (Fsp3) is 0.444. The van der Waals surface area contributed by atoms with Gasteiger partial charge in [-0.05, 0) is 12.2 Å². The summed E-state index contributed by atoms with van der Waals surface area (Å²) in [5.41, 5.74) is -1.30. The van der Waals surface area contributed by atoms with Crippen LogP contribution in [0.3, 0.4) is 0 Å². The minimum Gasteiger partial charge on any atom is -0.478 e. The van der Waals surface area contributed by atoms with Gasteiger partial charge in [-0.25, -0.2) is 14.4 Å². The van der Waals surface area contributed by atoms with E-state index in [4.69, 9.17) is 10.2 Å². The van der Waals surface area contributed by atoms with Crippen molar-refractivity contribution in [3.8, 4) is 0 Å². The summed E-state index contributed by atoms with van der Waals surface area (Å²) in [7, 11) is 0. The summed E-state index contributed by atoms with van der Waals surface area (Å²) in [6, 6.07) is 0. The monoisotopic (exact) mass is 248 g/mol. The van der Waals surface area contributed by atoms with Gasteiger partial charge >= 0.3 is 17.9 Å². The van der Waals surface area contributed by atoms with Gasteiger partial charge in [0.1, 0.15) is 0 Å². The Morgan fingerprint density at radius 1 is 1.31 bits per heavy atom. The van der Waals surface area contributed by atoms with Crippen LogP contribution < -0.4 is 0 Å².